The first kappa shape index (κ1) is 8.59. The molecule has 2 aromatic heterocycles. The van der Waals surface area contributed by atoms with Crippen LogP contribution < -0.4 is 0 Å². The molecule has 3 rings (SSSR count). The van der Waals surface area contributed by atoms with Crippen molar-refractivity contribution in [3.63, 3.8) is 0 Å². The van der Waals surface area contributed by atoms with Gasteiger partial charge in [0.1, 0.15) is 5.82 Å². The Kier molecular flexibility index (Phi) is 1.80. The molecule has 1 unspecified atom stereocenters. The van der Waals surface area contributed by atoms with Crippen molar-refractivity contribution in [2.24, 2.45) is 0 Å². The van der Waals surface area contributed by atoms with Crippen LogP contribution in [-0.2, 0) is 6.42 Å². The number of nitrogens with one attached hydrogen (secondary N) is 1. The normalized spacial score (nSPS) is 19.1. The van der Waals surface area contributed by atoms with E-state index in [1.165, 1.54) is 11.8 Å². The molecule has 0 aliphatic heterocycles. The Hall–Kier alpha value is -1.71. The van der Waals surface area contributed by atoms with E-state index in [9.17, 15) is 4.39 Å². The Bertz CT molecular complexity index is 492. The van der Waals surface area contributed by atoms with Gasteiger partial charge in [-0.2, -0.15) is 5.10 Å². The lowest BCUT2D eigenvalue weighted by Crippen LogP contribution is -1.99. The Morgan fingerprint density at radius 3 is 3.13 bits per heavy atom. The summed E-state index contributed by atoms with van der Waals surface area (Å²) in [5, 5.41) is 6.99. The van der Waals surface area contributed by atoms with Crippen LogP contribution in [0.1, 0.15) is 29.2 Å². The van der Waals surface area contributed by atoms with Crippen molar-refractivity contribution in [1.29, 1.82) is 0 Å². The molecule has 0 bridgehead atoms. The van der Waals surface area contributed by atoms with Crippen LogP contribution in [0.15, 0.2) is 24.7 Å². The molecular formula is C11H10FN3. The van der Waals surface area contributed by atoms with Gasteiger partial charge in [0.25, 0.3) is 0 Å². The van der Waals surface area contributed by atoms with E-state index in [-0.39, 0.29) is 11.7 Å². The minimum Gasteiger partial charge on any atom is -0.282 e. The van der Waals surface area contributed by atoms with Crippen LogP contribution >= 0.6 is 0 Å². The summed E-state index contributed by atoms with van der Waals surface area (Å²) in [5.74, 6) is -0.0498. The van der Waals surface area contributed by atoms with Crippen molar-refractivity contribution in [3.05, 3.63) is 47.3 Å². The number of H-pyrrole nitrogens is 1. The minimum absolute atomic E-state index is 0.227. The molecule has 2 heterocycles. The number of rotatable bonds is 1. The van der Waals surface area contributed by atoms with Gasteiger partial charge in [-0.25, -0.2) is 4.39 Å². The summed E-state index contributed by atoms with van der Waals surface area (Å²) in [4.78, 5) is 3.88. The lowest BCUT2D eigenvalue weighted by atomic mass is 9.99. The van der Waals surface area contributed by atoms with Gasteiger partial charge in [-0.05, 0) is 30.0 Å². The van der Waals surface area contributed by atoms with Crippen LogP contribution in [0.4, 0.5) is 4.39 Å². The van der Waals surface area contributed by atoms with Gasteiger partial charge < -0.3 is 0 Å². The van der Waals surface area contributed by atoms with E-state index < -0.39 is 0 Å². The van der Waals surface area contributed by atoms with Gasteiger partial charge in [0.05, 0.1) is 12.4 Å². The van der Waals surface area contributed by atoms with Gasteiger partial charge in [-0.3, -0.25) is 10.1 Å². The van der Waals surface area contributed by atoms with Crippen LogP contribution in [0.5, 0.6) is 0 Å². The lowest BCUT2D eigenvalue weighted by Gasteiger charge is -2.08. The van der Waals surface area contributed by atoms with Crippen molar-refractivity contribution in [1.82, 2.24) is 15.2 Å². The van der Waals surface area contributed by atoms with Crippen LogP contribution in [0.3, 0.4) is 0 Å². The number of halogens is 1. The summed E-state index contributed by atoms with van der Waals surface area (Å²) in [6.45, 7) is 0. The van der Waals surface area contributed by atoms with Gasteiger partial charge >= 0.3 is 0 Å². The molecule has 4 heteroatoms. The van der Waals surface area contributed by atoms with Crippen LogP contribution in [0, 0.1) is 5.82 Å². The zero-order valence-electron chi connectivity index (χ0n) is 8.07. The molecule has 2 aromatic rings. The fourth-order valence-electron chi connectivity index (χ4n) is 2.22. The molecule has 0 amide bonds. The number of pyridine rings is 1. The zero-order chi connectivity index (χ0) is 10.3. The molecular weight excluding hydrogens is 193 g/mol. The summed E-state index contributed by atoms with van der Waals surface area (Å²) in [6.07, 6.45) is 6.82. The van der Waals surface area contributed by atoms with E-state index in [2.05, 4.69) is 15.2 Å². The number of hydrogen-bond acceptors (Lipinski definition) is 2. The monoisotopic (exact) mass is 203 g/mol. The molecule has 0 radical (unpaired) electrons. The fourth-order valence-corrected chi connectivity index (χ4v) is 2.22. The maximum atomic E-state index is 13.0. The Morgan fingerprint density at radius 2 is 2.27 bits per heavy atom. The van der Waals surface area contributed by atoms with Crippen LogP contribution in [0.2, 0.25) is 0 Å². The lowest BCUT2D eigenvalue weighted by molar-refractivity contribution is 0.614. The first-order valence-corrected chi connectivity index (χ1v) is 4.97. The third-order valence-electron chi connectivity index (χ3n) is 2.93. The van der Waals surface area contributed by atoms with Crippen molar-refractivity contribution >= 4 is 0 Å². The quantitative estimate of drug-likeness (QED) is 0.770. The second-order valence-electron chi connectivity index (χ2n) is 3.84. The summed E-state index contributed by atoms with van der Waals surface area (Å²) in [7, 11) is 0. The SMILES string of the molecule is Fc1cncc(C2CCc3cn[nH]c32)c1. The summed E-state index contributed by atoms with van der Waals surface area (Å²) in [6, 6.07) is 1.55. The highest BCUT2D eigenvalue weighted by Crippen LogP contribution is 2.36. The van der Waals surface area contributed by atoms with E-state index in [1.54, 1.807) is 12.3 Å². The second-order valence-corrected chi connectivity index (χ2v) is 3.84. The molecule has 0 saturated heterocycles. The average Bonchev–Trinajstić information content (AvgIpc) is 2.77. The standard InChI is InChI=1S/C11H10FN3/c12-9-3-8(4-13-6-9)10-2-1-7-5-14-15-11(7)10/h3-6,10H,1-2H2,(H,14,15). The molecule has 76 valence electrons. The summed E-state index contributed by atoms with van der Waals surface area (Å²) < 4.78 is 13.0. The molecule has 3 nitrogen and oxygen atoms in total. The number of hydrogen-bond donors (Lipinski definition) is 1. The summed E-state index contributed by atoms with van der Waals surface area (Å²) in [5.41, 5.74) is 3.28. The van der Waals surface area contributed by atoms with Crippen molar-refractivity contribution in [3.8, 4) is 0 Å². The molecule has 0 spiro atoms. The number of fused-ring (bicyclic) bond motifs is 1. The first-order valence-electron chi connectivity index (χ1n) is 4.97. The topological polar surface area (TPSA) is 41.6 Å². The van der Waals surface area contributed by atoms with Crippen molar-refractivity contribution in [2.45, 2.75) is 18.8 Å². The maximum absolute atomic E-state index is 13.0. The molecule has 15 heavy (non-hydrogen) atoms. The number of aromatic nitrogens is 3. The number of aromatic amines is 1. The predicted octanol–water partition coefficient (Wildman–Crippen LogP) is 2.02. The minimum atomic E-state index is -0.277. The Balaban J connectivity index is 2.03. The predicted molar refractivity (Wildman–Crippen MR) is 52.9 cm³/mol. The largest absolute Gasteiger partial charge is 0.282 e. The molecule has 0 saturated carbocycles. The third-order valence-corrected chi connectivity index (χ3v) is 2.93. The molecule has 0 aromatic carbocycles. The smallest absolute Gasteiger partial charge is 0.141 e. The van der Waals surface area contributed by atoms with Gasteiger partial charge in [-0.1, -0.05) is 0 Å². The molecule has 1 atom stereocenters. The van der Waals surface area contributed by atoms with Crippen molar-refractivity contribution in [2.75, 3.05) is 0 Å². The van der Waals surface area contributed by atoms with Gasteiger partial charge in [-0.15, -0.1) is 0 Å². The average molecular weight is 203 g/mol. The van der Waals surface area contributed by atoms with E-state index in [1.807, 2.05) is 6.20 Å². The number of aryl methyl sites for hydroxylation is 1. The Morgan fingerprint density at radius 1 is 1.33 bits per heavy atom. The third kappa shape index (κ3) is 1.33. The highest BCUT2D eigenvalue weighted by Gasteiger charge is 2.26. The molecule has 0 fully saturated rings. The molecule has 1 aliphatic carbocycles. The van der Waals surface area contributed by atoms with Crippen LogP contribution in [-0.4, -0.2) is 15.2 Å². The van der Waals surface area contributed by atoms with Gasteiger partial charge in [0.15, 0.2) is 0 Å². The maximum Gasteiger partial charge on any atom is 0.141 e. The van der Waals surface area contributed by atoms with Crippen molar-refractivity contribution < 1.29 is 4.39 Å². The second kappa shape index (κ2) is 3.15. The summed E-state index contributed by atoms with van der Waals surface area (Å²) >= 11 is 0. The highest BCUT2D eigenvalue weighted by atomic mass is 19.1. The van der Waals surface area contributed by atoms with E-state index in [0.29, 0.717) is 0 Å². The number of nitrogens with zero attached hydrogens (tertiary/aromatic N) is 2. The van der Waals surface area contributed by atoms with Gasteiger partial charge in [0, 0.05) is 17.8 Å². The van der Waals surface area contributed by atoms with E-state index in [0.717, 1.165) is 24.1 Å². The fraction of sp³-hybridized carbons (Fsp3) is 0.273. The first-order chi connectivity index (χ1) is 7.34. The van der Waals surface area contributed by atoms with Crippen LogP contribution in [0.25, 0.3) is 0 Å². The highest BCUT2D eigenvalue weighted by molar-refractivity contribution is 5.35. The van der Waals surface area contributed by atoms with E-state index >= 15 is 0 Å². The van der Waals surface area contributed by atoms with E-state index in [4.69, 9.17) is 0 Å². The molecule has 1 aliphatic rings. The van der Waals surface area contributed by atoms with Gasteiger partial charge in [0.2, 0.25) is 0 Å². The molecule has 1 N–H and O–H groups in total. The Labute approximate surface area is 86.4 Å². The zero-order valence-corrected chi connectivity index (χ0v) is 8.07.